The van der Waals surface area contributed by atoms with Gasteiger partial charge in [0.2, 0.25) is 0 Å². The molecule has 0 aliphatic rings. The van der Waals surface area contributed by atoms with E-state index in [0.29, 0.717) is 13.0 Å². The van der Waals surface area contributed by atoms with Crippen molar-refractivity contribution in [2.75, 3.05) is 6.61 Å². The van der Waals surface area contributed by atoms with Crippen LogP contribution in [0.3, 0.4) is 0 Å². The van der Waals surface area contributed by atoms with Crippen LogP contribution in [-0.4, -0.2) is 22.9 Å². The molecule has 0 fully saturated rings. The number of carbonyl (C=O) groups excluding carboxylic acids is 1. The second-order valence-electron chi connectivity index (χ2n) is 3.94. The number of alkyl halides is 1. The van der Waals surface area contributed by atoms with Gasteiger partial charge in [-0.15, -0.1) is 11.6 Å². The fraction of sp³-hybridized carbons (Fsp3) is 0.286. The molecule has 0 aliphatic carbocycles. The number of fused-ring (bicyclic) bond motifs is 1. The fourth-order valence-electron chi connectivity index (χ4n) is 1.88. The van der Waals surface area contributed by atoms with Crippen LogP contribution >= 0.6 is 11.6 Å². The Hall–Kier alpha value is -1.61. The Morgan fingerprint density at radius 3 is 3.06 bits per heavy atom. The van der Waals surface area contributed by atoms with Crippen molar-refractivity contribution in [1.29, 1.82) is 0 Å². The number of nitrogens with zero attached hydrogens (tertiary/aromatic N) is 1. The lowest BCUT2D eigenvalue weighted by Crippen LogP contribution is -2.20. The molecule has 0 saturated carbocycles. The summed E-state index contributed by atoms with van der Waals surface area (Å²) in [7, 11) is 0. The Bertz CT molecular complexity index is 551. The van der Waals surface area contributed by atoms with E-state index in [4.69, 9.17) is 16.3 Å². The summed E-state index contributed by atoms with van der Waals surface area (Å²) in [6.45, 7) is 2.12. The van der Waals surface area contributed by atoms with Crippen molar-refractivity contribution in [3.63, 3.8) is 0 Å². The lowest BCUT2D eigenvalue weighted by atomic mass is 10.0. The van der Waals surface area contributed by atoms with E-state index in [1.807, 2.05) is 24.3 Å². The van der Waals surface area contributed by atoms with Crippen LogP contribution in [-0.2, 0) is 16.0 Å². The average molecular weight is 264 g/mol. The molecule has 94 valence electrons. The molecule has 4 heteroatoms. The van der Waals surface area contributed by atoms with Crippen LogP contribution in [0, 0.1) is 0 Å². The molecule has 18 heavy (non-hydrogen) atoms. The van der Waals surface area contributed by atoms with E-state index in [-0.39, 0.29) is 5.97 Å². The summed E-state index contributed by atoms with van der Waals surface area (Å²) in [5, 5.41) is 1.47. The first kappa shape index (κ1) is 12.8. The van der Waals surface area contributed by atoms with Crippen molar-refractivity contribution in [2.45, 2.75) is 18.7 Å². The van der Waals surface area contributed by atoms with Gasteiger partial charge in [-0.1, -0.05) is 18.2 Å². The van der Waals surface area contributed by atoms with Gasteiger partial charge in [0.05, 0.1) is 6.61 Å². The van der Waals surface area contributed by atoms with Gasteiger partial charge in [0.1, 0.15) is 5.38 Å². The van der Waals surface area contributed by atoms with Gasteiger partial charge >= 0.3 is 5.97 Å². The smallest absolute Gasteiger partial charge is 0.324 e. The van der Waals surface area contributed by atoms with Gasteiger partial charge in [0.25, 0.3) is 0 Å². The number of esters is 1. The van der Waals surface area contributed by atoms with Crippen molar-refractivity contribution >= 4 is 28.3 Å². The topological polar surface area (TPSA) is 39.2 Å². The van der Waals surface area contributed by atoms with Gasteiger partial charge < -0.3 is 4.74 Å². The van der Waals surface area contributed by atoms with Crippen molar-refractivity contribution in [2.24, 2.45) is 0 Å². The number of hydrogen-bond donors (Lipinski definition) is 0. The summed E-state index contributed by atoms with van der Waals surface area (Å²) >= 11 is 6.05. The van der Waals surface area contributed by atoms with E-state index in [0.717, 1.165) is 16.3 Å². The lowest BCUT2D eigenvalue weighted by molar-refractivity contribution is -0.142. The fourth-order valence-corrected chi connectivity index (χ4v) is 2.11. The summed E-state index contributed by atoms with van der Waals surface area (Å²) in [5.41, 5.74) is 1.03. The molecule has 0 spiro atoms. The molecular weight excluding hydrogens is 250 g/mol. The third kappa shape index (κ3) is 2.79. The second-order valence-corrected chi connectivity index (χ2v) is 4.46. The highest BCUT2D eigenvalue weighted by Gasteiger charge is 2.17. The highest BCUT2D eigenvalue weighted by Crippen LogP contribution is 2.20. The van der Waals surface area contributed by atoms with Gasteiger partial charge in [-0.25, -0.2) is 0 Å². The summed E-state index contributed by atoms with van der Waals surface area (Å²) in [4.78, 5) is 15.6. The van der Waals surface area contributed by atoms with Crippen LogP contribution in [0.15, 0.2) is 36.7 Å². The quantitative estimate of drug-likeness (QED) is 0.629. The van der Waals surface area contributed by atoms with Crippen LogP contribution < -0.4 is 0 Å². The number of hydrogen-bond acceptors (Lipinski definition) is 3. The van der Waals surface area contributed by atoms with E-state index in [2.05, 4.69) is 4.98 Å². The molecule has 1 atom stereocenters. The van der Waals surface area contributed by atoms with Crippen molar-refractivity contribution in [1.82, 2.24) is 4.98 Å². The minimum Gasteiger partial charge on any atom is -0.465 e. The molecule has 0 radical (unpaired) electrons. The number of pyridine rings is 1. The number of halogens is 1. The van der Waals surface area contributed by atoms with Crippen LogP contribution in [0.25, 0.3) is 10.8 Å². The standard InChI is InChI=1S/C14H14ClNO2/c1-2-18-14(17)13(15)8-10-4-3-5-11-9-16-7-6-12(10)11/h3-7,9,13H,2,8H2,1H3. The maximum absolute atomic E-state index is 11.5. The summed E-state index contributed by atoms with van der Waals surface area (Å²) in [6.07, 6.45) is 3.99. The highest BCUT2D eigenvalue weighted by molar-refractivity contribution is 6.30. The lowest BCUT2D eigenvalue weighted by Gasteiger charge is -2.10. The number of benzene rings is 1. The van der Waals surface area contributed by atoms with E-state index >= 15 is 0 Å². The maximum atomic E-state index is 11.5. The van der Waals surface area contributed by atoms with Gasteiger partial charge in [0, 0.05) is 24.2 Å². The predicted octanol–water partition coefficient (Wildman–Crippen LogP) is 2.95. The van der Waals surface area contributed by atoms with Crippen molar-refractivity contribution in [3.05, 3.63) is 42.2 Å². The predicted molar refractivity (Wildman–Crippen MR) is 71.7 cm³/mol. The molecule has 1 unspecified atom stereocenters. The molecule has 0 saturated heterocycles. The number of rotatable bonds is 4. The molecular formula is C14H14ClNO2. The van der Waals surface area contributed by atoms with E-state index in [9.17, 15) is 4.79 Å². The molecule has 2 aromatic rings. The Kier molecular flexibility index (Phi) is 4.15. The Labute approximate surface area is 111 Å². The van der Waals surface area contributed by atoms with Crippen LogP contribution in [0.5, 0.6) is 0 Å². The van der Waals surface area contributed by atoms with E-state index in [1.54, 1.807) is 19.3 Å². The normalized spacial score (nSPS) is 12.3. The second kappa shape index (κ2) is 5.83. The monoisotopic (exact) mass is 263 g/mol. The molecule has 3 nitrogen and oxygen atoms in total. The van der Waals surface area contributed by atoms with Gasteiger partial charge in [-0.2, -0.15) is 0 Å². The van der Waals surface area contributed by atoms with Crippen molar-refractivity contribution < 1.29 is 9.53 Å². The molecule has 2 rings (SSSR count). The SMILES string of the molecule is CCOC(=O)C(Cl)Cc1cccc2cnccc12. The molecule has 0 aliphatic heterocycles. The highest BCUT2D eigenvalue weighted by atomic mass is 35.5. The van der Waals surface area contributed by atoms with E-state index < -0.39 is 5.38 Å². The molecule has 0 N–H and O–H groups in total. The summed E-state index contributed by atoms with van der Waals surface area (Å²) < 4.78 is 4.90. The van der Waals surface area contributed by atoms with Gasteiger partial charge in [0.15, 0.2) is 0 Å². The third-order valence-corrected chi connectivity index (χ3v) is 3.04. The first-order valence-electron chi connectivity index (χ1n) is 5.84. The Morgan fingerprint density at radius 1 is 1.44 bits per heavy atom. The molecule has 1 heterocycles. The molecule has 1 aromatic heterocycles. The van der Waals surface area contributed by atoms with Crippen molar-refractivity contribution in [3.8, 4) is 0 Å². The molecule has 0 amide bonds. The van der Waals surface area contributed by atoms with Gasteiger partial charge in [-0.05, 0) is 23.9 Å². The zero-order valence-electron chi connectivity index (χ0n) is 10.1. The molecule has 1 aromatic carbocycles. The van der Waals surface area contributed by atoms with Crippen LogP contribution in [0.2, 0.25) is 0 Å². The largest absolute Gasteiger partial charge is 0.465 e. The Morgan fingerprint density at radius 2 is 2.28 bits per heavy atom. The summed E-state index contributed by atoms with van der Waals surface area (Å²) in [6, 6.07) is 7.82. The van der Waals surface area contributed by atoms with Crippen LogP contribution in [0.1, 0.15) is 12.5 Å². The first-order chi connectivity index (χ1) is 8.72. The van der Waals surface area contributed by atoms with Gasteiger partial charge in [-0.3, -0.25) is 9.78 Å². The number of ether oxygens (including phenoxy) is 1. The van der Waals surface area contributed by atoms with E-state index in [1.165, 1.54) is 0 Å². The average Bonchev–Trinajstić information content (AvgIpc) is 2.39. The Balaban J connectivity index is 2.24. The number of aromatic nitrogens is 1. The number of carbonyl (C=O) groups is 1. The summed E-state index contributed by atoms with van der Waals surface area (Å²) in [5.74, 6) is -0.370. The minimum atomic E-state index is -0.649. The van der Waals surface area contributed by atoms with Crippen LogP contribution in [0.4, 0.5) is 0 Å². The molecule has 0 bridgehead atoms. The first-order valence-corrected chi connectivity index (χ1v) is 6.28. The minimum absolute atomic E-state index is 0.349. The zero-order chi connectivity index (χ0) is 13.0. The maximum Gasteiger partial charge on any atom is 0.324 e. The zero-order valence-corrected chi connectivity index (χ0v) is 10.9. The third-order valence-electron chi connectivity index (χ3n) is 2.71.